The average molecular weight is 333 g/mol. The van der Waals surface area contributed by atoms with Crippen LogP contribution in [0.1, 0.15) is 13.8 Å². The number of nitrogens with zero attached hydrogens (tertiary/aromatic N) is 2. The van der Waals surface area contributed by atoms with E-state index in [-0.39, 0.29) is 5.75 Å². The molecule has 0 bridgehead atoms. The van der Waals surface area contributed by atoms with Crippen molar-refractivity contribution in [2.45, 2.75) is 13.8 Å². The summed E-state index contributed by atoms with van der Waals surface area (Å²) in [6.45, 7) is 6.09. The minimum absolute atomic E-state index is 0.141. The molecule has 0 aromatic heterocycles. The number of aromatic hydroxyl groups is 1. The molecule has 1 aliphatic carbocycles. The van der Waals surface area contributed by atoms with Gasteiger partial charge in [0.2, 0.25) is 0 Å². The summed E-state index contributed by atoms with van der Waals surface area (Å²) in [7, 11) is 0. The van der Waals surface area contributed by atoms with Gasteiger partial charge in [0.25, 0.3) is 0 Å². The number of benzene rings is 3. The van der Waals surface area contributed by atoms with Crippen molar-refractivity contribution in [3.8, 4) is 17.2 Å². The maximum Gasteiger partial charge on any atom is 0.155 e. The van der Waals surface area contributed by atoms with Crippen LogP contribution >= 0.6 is 0 Å². The Hall–Kier alpha value is -3.08. The second-order valence-electron chi connectivity index (χ2n) is 6.04. The standard InChI is InChI=1S/C20H19N3O2/c1-3-23(4-2)12-5-8-17-18(9-12)25-19-11-16(21)15-10-13(24)6-7-14(15)20(19)22-17/h5-11,21,24H,3-4H2,1-2H3. The van der Waals surface area contributed by atoms with Crippen LogP contribution in [0.2, 0.25) is 0 Å². The van der Waals surface area contributed by atoms with Crippen molar-refractivity contribution in [2.75, 3.05) is 18.0 Å². The molecule has 2 N–H and O–H groups in total. The Morgan fingerprint density at radius 3 is 2.60 bits per heavy atom. The van der Waals surface area contributed by atoms with Crippen molar-refractivity contribution < 1.29 is 9.52 Å². The van der Waals surface area contributed by atoms with Crippen LogP contribution in [0.15, 0.2) is 46.9 Å². The fourth-order valence-electron chi connectivity index (χ4n) is 3.27. The zero-order chi connectivity index (χ0) is 17.6. The van der Waals surface area contributed by atoms with Crippen LogP contribution in [0.25, 0.3) is 33.3 Å². The first-order chi connectivity index (χ1) is 12.1. The summed E-state index contributed by atoms with van der Waals surface area (Å²) in [5.41, 5.74) is 3.28. The largest absolute Gasteiger partial charge is 0.508 e. The zero-order valence-electron chi connectivity index (χ0n) is 14.2. The second kappa shape index (κ2) is 5.77. The topological polar surface area (TPSA) is 73.3 Å². The van der Waals surface area contributed by atoms with Gasteiger partial charge in [-0.15, -0.1) is 0 Å². The molecule has 4 rings (SSSR count). The van der Waals surface area contributed by atoms with Gasteiger partial charge in [0.15, 0.2) is 11.3 Å². The maximum absolute atomic E-state index is 9.70. The lowest BCUT2D eigenvalue weighted by Gasteiger charge is -2.21. The van der Waals surface area contributed by atoms with E-state index >= 15 is 0 Å². The molecule has 2 aromatic rings. The minimum atomic E-state index is 0.141. The number of aromatic nitrogens is 1. The lowest BCUT2D eigenvalue weighted by Crippen LogP contribution is -2.21. The Labute approximate surface area is 145 Å². The number of rotatable bonds is 3. The van der Waals surface area contributed by atoms with E-state index in [9.17, 15) is 5.11 Å². The summed E-state index contributed by atoms with van der Waals surface area (Å²) in [4.78, 5) is 7.00. The van der Waals surface area contributed by atoms with Crippen LogP contribution in [-0.2, 0) is 0 Å². The van der Waals surface area contributed by atoms with Crippen molar-refractivity contribution in [1.82, 2.24) is 4.98 Å². The summed E-state index contributed by atoms with van der Waals surface area (Å²) in [5.74, 6) is 0.717. The van der Waals surface area contributed by atoms with E-state index in [1.54, 1.807) is 24.3 Å². The molecule has 0 amide bonds. The minimum Gasteiger partial charge on any atom is -0.508 e. The van der Waals surface area contributed by atoms with Crippen LogP contribution in [0, 0.1) is 5.41 Å². The Morgan fingerprint density at radius 2 is 1.84 bits per heavy atom. The number of phenolic OH excluding ortho intramolecular Hbond substituents is 1. The van der Waals surface area contributed by atoms with E-state index in [0.717, 1.165) is 29.7 Å². The number of anilines is 1. The number of hydrogen-bond acceptors (Lipinski definition) is 5. The summed E-state index contributed by atoms with van der Waals surface area (Å²) >= 11 is 0. The third-order valence-corrected chi connectivity index (χ3v) is 4.58. The van der Waals surface area contributed by atoms with Gasteiger partial charge >= 0.3 is 0 Å². The zero-order valence-corrected chi connectivity index (χ0v) is 14.2. The van der Waals surface area contributed by atoms with E-state index < -0.39 is 0 Å². The van der Waals surface area contributed by atoms with Gasteiger partial charge in [0.1, 0.15) is 17.0 Å². The Kier molecular flexibility index (Phi) is 3.57. The molecule has 0 saturated carbocycles. The molecule has 25 heavy (non-hydrogen) atoms. The van der Waals surface area contributed by atoms with Gasteiger partial charge in [0.05, 0.1) is 5.36 Å². The van der Waals surface area contributed by atoms with Crippen LogP contribution in [0.3, 0.4) is 0 Å². The van der Waals surface area contributed by atoms with E-state index in [1.807, 2.05) is 12.1 Å². The van der Waals surface area contributed by atoms with Crippen molar-refractivity contribution in [2.24, 2.45) is 0 Å². The average Bonchev–Trinajstić information content (AvgIpc) is 2.61. The first kappa shape index (κ1) is 15.4. The molecule has 1 aliphatic heterocycles. The SMILES string of the molecule is CCN(CC)c1ccc2nc3c4ccc(O)cc4c(=N)cc-3oc2c1. The van der Waals surface area contributed by atoms with Crippen LogP contribution < -0.4 is 10.3 Å². The summed E-state index contributed by atoms with van der Waals surface area (Å²) in [6, 6.07) is 12.7. The molecule has 2 aromatic carbocycles. The predicted octanol–water partition coefficient (Wildman–Crippen LogP) is 4.12. The summed E-state index contributed by atoms with van der Waals surface area (Å²) in [5, 5.41) is 19.7. The molecule has 1 heterocycles. The smallest absolute Gasteiger partial charge is 0.155 e. The lowest BCUT2D eigenvalue weighted by atomic mass is 10.0. The van der Waals surface area contributed by atoms with Gasteiger partial charge in [-0.1, -0.05) is 0 Å². The van der Waals surface area contributed by atoms with Crippen LogP contribution in [-0.4, -0.2) is 23.2 Å². The fraction of sp³-hybridized carbons (Fsp3) is 0.200. The first-order valence-electron chi connectivity index (χ1n) is 8.40. The van der Waals surface area contributed by atoms with E-state index in [2.05, 4.69) is 24.8 Å². The van der Waals surface area contributed by atoms with E-state index in [1.165, 1.54) is 0 Å². The third-order valence-electron chi connectivity index (χ3n) is 4.58. The van der Waals surface area contributed by atoms with E-state index in [0.29, 0.717) is 27.8 Å². The normalized spacial score (nSPS) is 11.4. The van der Waals surface area contributed by atoms with Gasteiger partial charge in [-0.25, -0.2) is 4.98 Å². The van der Waals surface area contributed by atoms with Crippen molar-refractivity contribution in [3.63, 3.8) is 0 Å². The van der Waals surface area contributed by atoms with Crippen LogP contribution in [0.5, 0.6) is 5.75 Å². The van der Waals surface area contributed by atoms with Crippen molar-refractivity contribution in [3.05, 3.63) is 47.8 Å². The number of phenols is 1. The number of nitrogens with one attached hydrogen (secondary N) is 1. The van der Waals surface area contributed by atoms with Gasteiger partial charge in [-0.3, -0.25) is 0 Å². The predicted molar refractivity (Wildman–Crippen MR) is 99.2 cm³/mol. The molecule has 126 valence electrons. The maximum atomic E-state index is 9.70. The van der Waals surface area contributed by atoms with Crippen molar-refractivity contribution in [1.29, 1.82) is 5.41 Å². The highest BCUT2D eigenvalue weighted by atomic mass is 16.3. The summed E-state index contributed by atoms with van der Waals surface area (Å²) in [6.07, 6.45) is 0. The second-order valence-corrected chi connectivity index (χ2v) is 6.04. The molecule has 5 heteroatoms. The van der Waals surface area contributed by atoms with Gasteiger partial charge in [-0.05, 0) is 44.2 Å². The highest BCUT2D eigenvalue weighted by molar-refractivity contribution is 5.97. The molecule has 0 spiro atoms. The summed E-state index contributed by atoms with van der Waals surface area (Å²) < 4.78 is 6.07. The monoisotopic (exact) mass is 333 g/mol. The molecular weight excluding hydrogens is 314 g/mol. The lowest BCUT2D eigenvalue weighted by molar-refractivity contribution is 0.476. The van der Waals surface area contributed by atoms with E-state index in [4.69, 9.17) is 14.8 Å². The molecule has 0 fully saturated rings. The quantitative estimate of drug-likeness (QED) is 0.437. The molecule has 5 nitrogen and oxygen atoms in total. The molecule has 2 aliphatic rings. The highest BCUT2D eigenvalue weighted by Crippen LogP contribution is 2.32. The Balaban J connectivity index is 2.02. The van der Waals surface area contributed by atoms with Gasteiger partial charge < -0.3 is 19.8 Å². The van der Waals surface area contributed by atoms with Crippen molar-refractivity contribution >= 4 is 27.6 Å². The fourth-order valence-corrected chi connectivity index (χ4v) is 3.27. The molecule has 0 saturated heterocycles. The Morgan fingerprint density at radius 1 is 1.04 bits per heavy atom. The molecule has 0 unspecified atom stereocenters. The van der Waals surface area contributed by atoms with Gasteiger partial charge in [-0.2, -0.15) is 0 Å². The first-order valence-corrected chi connectivity index (χ1v) is 8.40. The number of hydrogen-bond donors (Lipinski definition) is 2. The van der Waals surface area contributed by atoms with Crippen LogP contribution in [0.4, 0.5) is 5.69 Å². The number of fused-ring (bicyclic) bond motifs is 4. The third kappa shape index (κ3) is 2.48. The Bertz CT molecular complexity index is 1110. The highest BCUT2D eigenvalue weighted by Gasteiger charge is 2.15. The molecular formula is C20H19N3O2. The molecule has 0 atom stereocenters. The van der Waals surface area contributed by atoms with Gasteiger partial charge in [0, 0.05) is 41.7 Å². The molecule has 0 radical (unpaired) electrons.